The van der Waals surface area contributed by atoms with Gasteiger partial charge in [0.25, 0.3) is 11.8 Å². The molecule has 2 aromatic rings. The Kier molecular flexibility index (Phi) is 6.11. The van der Waals surface area contributed by atoms with Gasteiger partial charge in [-0.25, -0.2) is 8.78 Å². The molecule has 9 heteroatoms. The van der Waals surface area contributed by atoms with E-state index in [0.29, 0.717) is 25.4 Å². The van der Waals surface area contributed by atoms with E-state index in [1.807, 2.05) is 11.8 Å². The Balaban J connectivity index is 1.50. The molecule has 1 saturated heterocycles. The fourth-order valence-electron chi connectivity index (χ4n) is 5.82. The molecule has 2 fully saturated rings. The van der Waals surface area contributed by atoms with E-state index in [4.69, 9.17) is 4.74 Å². The lowest BCUT2D eigenvalue weighted by molar-refractivity contribution is 0.0417. The molecule has 2 bridgehead atoms. The first kappa shape index (κ1) is 23.5. The van der Waals surface area contributed by atoms with Gasteiger partial charge >= 0.3 is 0 Å². The third-order valence-electron chi connectivity index (χ3n) is 7.53. The lowest BCUT2D eigenvalue weighted by Crippen LogP contribution is -2.55. The molecule has 1 aromatic heterocycles. The van der Waals surface area contributed by atoms with Gasteiger partial charge in [-0.3, -0.25) is 14.4 Å². The Morgan fingerprint density at radius 2 is 2.11 bits per heavy atom. The molecule has 2 amide bonds. The van der Waals surface area contributed by atoms with Crippen LogP contribution in [-0.2, 0) is 13.1 Å². The van der Waals surface area contributed by atoms with Crippen molar-refractivity contribution in [1.29, 1.82) is 0 Å². The van der Waals surface area contributed by atoms with Crippen molar-refractivity contribution in [3.05, 3.63) is 63.1 Å². The number of aromatic nitrogens is 1. The van der Waals surface area contributed by atoms with Crippen LogP contribution in [0.3, 0.4) is 0 Å². The van der Waals surface area contributed by atoms with Crippen molar-refractivity contribution in [3.63, 3.8) is 0 Å². The summed E-state index contributed by atoms with van der Waals surface area (Å²) >= 11 is 0. The zero-order valence-electron chi connectivity index (χ0n) is 19.7. The summed E-state index contributed by atoms with van der Waals surface area (Å²) in [6, 6.07) is 3.09. The molecule has 3 aliphatic rings. The average Bonchev–Trinajstić information content (AvgIpc) is 3.09. The summed E-state index contributed by atoms with van der Waals surface area (Å²) in [5, 5.41) is 2.55. The molecule has 7 nitrogen and oxygen atoms in total. The second-order valence-electron chi connectivity index (χ2n) is 9.90. The molecule has 0 unspecified atom stereocenters. The van der Waals surface area contributed by atoms with Crippen LogP contribution in [-0.4, -0.2) is 40.0 Å². The normalized spacial score (nSPS) is 22.5. The number of hydrogen-bond acceptors (Lipinski definition) is 4. The van der Waals surface area contributed by atoms with Crippen molar-refractivity contribution in [2.24, 2.45) is 5.92 Å². The molecule has 1 aliphatic carbocycles. The summed E-state index contributed by atoms with van der Waals surface area (Å²) in [7, 11) is 0. The molecule has 1 spiro atoms. The molecule has 2 aliphatic heterocycles. The molecule has 0 radical (unpaired) electrons. The Bertz CT molecular complexity index is 1240. The zero-order valence-corrected chi connectivity index (χ0v) is 19.7. The molecular formula is C26H29F2N3O4. The van der Waals surface area contributed by atoms with Gasteiger partial charge in [0, 0.05) is 37.5 Å². The molecule has 1 aromatic carbocycles. The molecule has 186 valence electrons. The van der Waals surface area contributed by atoms with Gasteiger partial charge < -0.3 is 19.5 Å². The molecule has 5 rings (SSSR count). The van der Waals surface area contributed by atoms with Crippen LogP contribution >= 0.6 is 0 Å². The van der Waals surface area contributed by atoms with Gasteiger partial charge in [-0.1, -0.05) is 25.8 Å². The first-order valence-corrected chi connectivity index (χ1v) is 12.3. The number of halogens is 2. The van der Waals surface area contributed by atoms with Crippen molar-refractivity contribution in [1.82, 2.24) is 14.8 Å². The highest BCUT2D eigenvalue weighted by molar-refractivity contribution is 5.99. The number of benzene rings is 1. The number of nitrogens with zero attached hydrogens (tertiary/aromatic N) is 2. The van der Waals surface area contributed by atoms with Crippen molar-refractivity contribution < 1.29 is 23.1 Å². The minimum Gasteiger partial charge on any atom is -0.487 e. The Morgan fingerprint density at radius 1 is 1.29 bits per heavy atom. The quantitative estimate of drug-likeness (QED) is 0.608. The van der Waals surface area contributed by atoms with Gasteiger partial charge in [-0.2, -0.15) is 0 Å². The summed E-state index contributed by atoms with van der Waals surface area (Å²) in [5.74, 6) is -2.06. The number of fused-ring (bicyclic) bond motifs is 2. The highest BCUT2D eigenvalue weighted by Gasteiger charge is 2.54. The number of pyridine rings is 1. The fraction of sp³-hybridized carbons (Fsp3) is 0.500. The van der Waals surface area contributed by atoms with Gasteiger partial charge in [0.15, 0.2) is 11.4 Å². The maximum Gasteiger partial charge on any atom is 0.275 e. The monoisotopic (exact) mass is 485 g/mol. The van der Waals surface area contributed by atoms with Crippen LogP contribution in [0.25, 0.3) is 0 Å². The number of carbonyl (C=O) groups is 2. The van der Waals surface area contributed by atoms with Crippen LogP contribution in [0.1, 0.15) is 71.9 Å². The first-order chi connectivity index (χ1) is 16.8. The number of ether oxygens (including phenoxy) is 1. The average molecular weight is 486 g/mol. The molecule has 1 N–H and O–H groups in total. The predicted molar refractivity (Wildman–Crippen MR) is 124 cm³/mol. The van der Waals surface area contributed by atoms with E-state index in [2.05, 4.69) is 5.32 Å². The number of unbranched alkanes of at least 4 members (excludes halogenated alkanes) is 1. The van der Waals surface area contributed by atoms with Crippen molar-refractivity contribution in [3.8, 4) is 5.75 Å². The Hall–Kier alpha value is -3.23. The summed E-state index contributed by atoms with van der Waals surface area (Å²) in [5.41, 5.74) is -0.818. The highest BCUT2D eigenvalue weighted by Crippen LogP contribution is 2.48. The van der Waals surface area contributed by atoms with Crippen LogP contribution in [0.15, 0.2) is 29.2 Å². The van der Waals surface area contributed by atoms with Gasteiger partial charge in [-0.15, -0.1) is 0 Å². The molecular weight excluding hydrogens is 456 g/mol. The Labute approximate surface area is 202 Å². The summed E-state index contributed by atoms with van der Waals surface area (Å²) in [4.78, 5) is 41.9. The maximum absolute atomic E-state index is 14.0. The standard InChI is InChI=1S/C26H29F2N3O4/c1-2-3-9-35-23-21-25(34)31-13-16-5-4-8-26(31,11-16)15-30(21)14-19(22(23)32)24(33)29-12-17-6-7-18(27)10-20(17)28/h6-7,10,14,16H,2-5,8-9,11-13,15H2,1H3,(H,29,33)/t16-,26+/m0/s1. The lowest BCUT2D eigenvalue weighted by Gasteiger charge is -2.44. The third-order valence-corrected chi connectivity index (χ3v) is 7.53. The molecule has 3 heterocycles. The van der Waals surface area contributed by atoms with Gasteiger partial charge in [0.05, 0.1) is 12.1 Å². The summed E-state index contributed by atoms with van der Waals surface area (Å²) < 4.78 is 34.7. The number of carbonyl (C=O) groups excluding carboxylic acids is 2. The van der Waals surface area contributed by atoms with E-state index in [-0.39, 0.29) is 47.2 Å². The van der Waals surface area contributed by atoms with Crippen LogP contribution in [0.2, 0.25) is 0 Å². The first-order valence-electron chi connectivity index (χ1n) is 12.3. The topological polar surface area (TPSA) is 80.6 Å². The number of hydrogen-bond donors (Lipinski definition) is 1. The smallest absolute Gasteiger partial charge is 0.275 e. The fourth-order valence-corrected chi connectivity index (χ4v) is 5.82. The van der Waals surface area contributed by atoms with Crippen LogP contribution in [0.4, 0.5) is 8.78 Å². The Morgan fingerprint density at radius 3 is 2.89 bits per heavy atom. The second-order valence-corrected chi connectivity index (χ2v) is 9.90. The van der Waals surface area contributed by atoms with Crippen molar-refractivity contribution in [2.75, 3.05) is 13.2 Å². The van der Waals surface area contributed by atoms with E-state index >= 15 is 0 Å². The van der Waals surface area contributed by atoms with E-state index in [0.717, 1.165) is 44.2 Å². The lowest BCUT2D eigenvalue weighted by atomic mass is 9.79. The highest BCUT2D eigenvalue weighted by atomic mass is 19.1. The SMILES string of the molecule is CCCCOc1c2n(cc(C(=O)NCc3ccc(F)cc3F)c1=O)C[C@]13CCC[C@H](CN1C2=O)C3. The maximum atomic E-state index is 14.0. The van der Waals surface area contributed by atoms with Crippen LogP contribution in [0, 0.1) is 17.6 Å². The number of nitrogens with one attached hydrogen (secondary N) is 1. The summed E-state index contributed by atoms with van der Waals surface area (Å²) in [6.45, 7) is 3.22. The predicted octanol–water partition coefficient (Wildman–Crippen LogP) is 3.63. The molecule has 35 heavy (non-hydrogen) atoms. The number of rotatable bonds is 7. The van der Waals surface area contributed by atoms with Gasteiger partial charge in [0.1, 0.15) is 17.2 Å². The van der Waals surface area contributed by atoms with Gasteiger partial charge in [-0.05, 0) is 37.7 Å². The zero-order chi connectivity index (χ0) is 24.7. The van der Waals surface area contributed by atoms with Crippen LogP contribution < -0.4 is 15.5 Å². The molecule has 1 saturated carbocycles. The minimum absolute atomic E-state index is 0.0969. The summed E-state index contributed by atoms with van der Waals surface area (Å²) in [6.07, 6.45) is 6.92. The van der Waals surface area contributed by atoms with E-state index < -0.39 is 23.0 Å². The molecule has 2 atom stereocenters. The van der Waals surface area contributed by atoms with Gasteiger partial charge in [0.2, 0.25) is 5.43 Å². The second kappa shape index (κ2) is 9.09. The van der Waals surface area contributed by atoms with E-state index in [9.17, 15) is 23.2 Å². The third kappa shape index (κ3) is 4.10. The van der Waals surface area contributed by atoms with E-state index in [1.54, 1.807) is 4.57 Å². The van der Waals surface area contributed by atoms with Crippen LogP contribution in [0.5, 0.6) is 5.75 Å². The van der Waals surface area contributed by atoms with E-state index in [1.165, 1.54) is 12.3 Å². The minimum atomic E-state index is -0.783. The number of amides is 2. The van der Waals surface area contributed by atoms with Crippen molar-refractivity contribution >= 4 is 11.8 Å². The largest absolute Gasteiger partial charge is 0.487 e. The van der Waals surface area contributed by atoms with Crippen molar-refractivity contribution in [2.45, 2.75) is 64.1 Å².